The van der Waals surface area contributed by atoms with Crippen molar-refractivity contribution in [3.63, 3.8) is 0 Å². The highest BCUT2D eigenvalue weighted by Crippen LogP contribution is 2.29. The van der Waals surface area contributed by atoms with Crippen LogP contribution in [0.5, 0.6) is 5.75 Å². The number of hydrogen-bond acceptors (Lipinski definition) is 4. The summed E-state index contributed by atoms with van der Waals surface area (Å²) in [6, 6.07) is 26.1. The van der Waals surface area contributed by atoms with E-state index in [9.17, 15) is 10.1 Å². The number of fused-ring (bicyclic) bond motifs is 1. The maximum absolute atomic E-state index is 13.8. The molecule has 0 aliphatic carbocycles. The Bertz CT molecular complexity index is 1490. The van der Waals surface area contributed by atoms with Crippen LogP contribution in [0.1, 0.15) is 53.5 Å². The minimum Gasteiger partial charge on any atom is -0.488 e. The molecule has 1 aliphatic heterocycles. The smallest absolute Gasteiger partial charge is 0.257 e. The van der Waals surface area contributed by atoms with Gasteiger partial charge >= 0.3 is 0 Å². The van der Waals surface area contributed by atoms with Gasteiger partial charge in [-0.1, -0.05) is 74.0 Å². The first-order valence-electron chi connectivity index (χ1n) is 13.0. The maximum Gasteiger partial charge on any atom is 0.257 e. The molecule has 186 valence electrons. The van der Waals surface area contributed by atoms with Crippen molar-refractivity contribution >= 4 is 0 Å². The summed E-state index contributed by atoms with van der Waals surface area (Å²) in [5, 5.41) is 9.46. The molecular weight excluding hydrogens is 458 g/mol. The van der Waals surface area contributed by atoms with Crippen LogP contribution < -0.4 is 10.3 Å². The lowest BCUT2D eigenvalue weighted by molar-refractivity contribution is 0.205. The number of rotatable bonds is 8. The van der Waals surface area contributed by atoms with Crippen LogP contribution in [-0.2, 0) is 25.8 Å². The third-order valence-electron chi connectivity index (χ3n) is 7.10. The Kier molecular flexibility index (Phi) is 7.18. The molecule has 0 spiro atoms. The molecule has 1 aliphatic rings. The molecule has 37 heavy (non-hydrogen) atoms. The summed E-state index contributed by atoms with van der Waals surface area (Å²) in [6.45, 7) is 4.56. The molecule has 1 unspecified atom stereocenters. The molecule has 0 N–H and O–H groups in total. The van der Waals surface area contributed by atoms with Crippen LogP contribution in [0.25, 0.3) is 11.1 Å². The van der Waals surface area contributed by atoms with Gasteiger partial charge in [0.15, 0.2) is 0 Å². The summed E-state index contributed by atoms with van der Waals surface area (Å²) in [4.78, 5) is 18.8. The van der Waals surface area contributed by atoms with Gasteiger partial charge in [-0.3, -0.25) is 9.36 Å². The fourth-order valence-electron chi connectivity index (χ4n) is 5.10. The highest BCUT2D eigenvalue weighted by atomic mass is 16.5. The summed E-state index contributed by atoms with van der Waals surface area (Å²) in [5.41, 5.74) is 6.48. The molecule has 0 amide bonds. The van der Waals surface area contributed by atoms with Gasteiger partial charge in [-0.25, -0.2) is 4.98 Å². The Morgan fingerprint density at radius 3 is 2.57 bits per heavy atom. The van der Waals surface area contributed by atoms with Gasteiger partial charge in [0.05, 0.1) is 23.9 Å². The molecular formula is C32H31N3O2. The molecule has 1 aromatic heterocycles. The summed E-state index contributed by atoms with van der Waals surface area (Å²) >= 11 is 0. The van der Waals surface area contributed by atoms with E-state index in [1.807, 2.05) is 73.7 Å². The van der Waals surface area contributed by atoms with E-state index in [2.05, 4.69) is 19.1 Å². The van der Waals surface area contributed by atoms with Crippen molar-refractivity contribution in [2.24, 2.45) is 0 Å². The predicted molar refractivity (Wildman–Crippen MR) is 146 cm³/mol. The predicted octanol–water partition coefficient (Wildman–Crippen LogP) is 6.03. The second-order valence-corrected chi connectivity index (χ2v) is 9.69. The van der Waals surface area contributed by atoms with Crippen LogP contribution in [0.4, 0.5) is 0 Å². The van der Waals surface area contributed by atoms with Crippen molar-refractivity contribution in [3.8, 4) is 22.9 Å². The van der Waals surface area contributed by atoms with Gasteiger partial charge < -0.3 is 4.74 Å². The van der Waals surface area contributed by atoms with Gasteiger partial charge in [0.25, 0.3) is 5.56 Å². The summed E-state index contributed by atoms with van der Waals surface area (Å²) in [5.74, 6) is 1.65. The number of hydrogen-bond donors (Lipinski definition) is 0. The SMILES string of the molecule is CCCCc1nc(C)n(CC2Cc3ccccc3O2)c(=O)c1Cc1ccc(-c2ccccc2C#N)cc1. The molecule has 5 nitrogen and oxygen atoms in total. The van der Waals surface area contributed by atoms with Gasteiger partial charge in [0.1, 0.15) is 17.7 Å². The second-order valence-electron chi connectivity index (χ2n) is 9.69. The van der Waals surface area contributed by atoms with E-state index in [1.54, 1.807) is 4.57 Å². The number of aromatic nitrogens is 2. The van der Waals surface area contributed by atoms with Crippen molar-refractivity contribution in [2.45, 2.75) is 58.6 Å². The minimum absolute atomic E-state index is 0.0251. The Labute approximate surface area is 218 Å². The van der Waals surface area contributed by atoms with Crippen molar-refractivity contribution in [1.29, 1.82) is 5.26 Å². The quantitative estimate of drug-likeness (QED) is 0.303. The highest BCUT2D eigenvalue weighted by Gasteiger charge is 2.25. The molecule has 0 fully saturated rings. The van der Waals surface area contributed by atoms with Crippen molar-refractivity contribution < 1.29 is 4.74 Å². The van der Waals surface area contributed by atoms with Crippen LogP contribution in [0, 0.1) is 18.3 Å². The normalized spacial score (nSPS) is 14.1. The maximum atomic E-state index is 13.8. The van der Waals surface area contributed by atoms with Crippen LogP contribution in [0.2, 0.25) is 0 Å². The van der Waals surface area contributed by atoms with E-state index in [1.165, 1.54) is 5.56 Å². The molecule has 0 saturated heterocycles. The lowest BCUT2D eigenvalue weighted by atomic mass is 9.96. The molecule has 0 radical (unpaired) electrons. The zero-order valence-corrected chi connectivity index (χ0v) is 21.4. The van der Waals surface area contributed by atoms with Gasteiger partial charge in [-0.2, -0.15) is 5.26 Å². The first-order chi connectivity index (χ1) is 18.1. The Morgan fingerprint density at radius 1 is 1.05 bits per heavy atom. The first-order valence-corrected chi connectivity index (χ1v) is 13.0. The van der Waals surface area contributed by atoms with E-state index in [0.717, 1.165) is 65.2 Å². The van der Waals surface area contributed by atoms with E-state index in [4.69, 9.17) is 9.72 Å². The zero-order valence-electron chi connectivity index (χ0n) is 21.4. The number of benzene rings is 3. The molecule has 4 aromatic rings. The molecule has 2 heterocycles. The molecule has 0 bridgehead atoms. The number of nitriles is 1. The Morgan fingerprint density at radius 2 is 1.81 bits per heavy atom. The number of para-hydroxylation sites is 1. The summed E-state index contributed by atoms with van der Waals surface area (Å²) in [7, 11) is 0. The lowest BCUT2D eigenvalue weighted by Gasteiger charge is -2.18. The average molecular weight is 490 g/mol. The van der Waals surface area contributed by atoms with Crippen LogP contribution >= 0.6 is 0 Å². The zero-order chi connectivity index (χ0) is 25.8. The van der Waals surface area contributed by atoms with Gasteiger partial charge in [-0.05, 0) is 54.2 Å². The summed E-state index contributed by atoms with van der Waals surface area (Å²) in [6.07, 6.45) is 4.07. The standard InChI is InChI=1S/C32H31N3O2/c1-3-4-12-30-29(18-23-14-16-24(17-15-23)28-11-7-5-10-26(28)20-33)32(36)35(22(2)34-30)21-27-19-25-9-6-8-13-31(25)37-27/h5-11,13-17,27H,3-4,12,18-19,21H2,1-2H3. The van der Waals surface area contributed by atoms with Gasteiger partial charge in [0, 0.05) is 18.4 Å². The highest BCUT2D eigenvalue weighted by molar-refractivity contribution is 5.70. The lowest BCUT2D eigenvalue weighted by Crippen LogP contribution is -2.34. The third-order valence-corrected chi connectivity index (χ3v) is 7.10. The fraction of sp³-hybridized carbons (Fsp3) is 0.281. The second kappa shape index (κ2) is 10.8. The van der Waals surface area contributed by atoms with Crippen molar-refractivity contribution in [1.82, 2.24) is 9.55 Å². The first kappa shape index (κ1) is 24.5. The van der Waals surface area contributed by atoms with E-state index in [-0.39, 0.29) is 11.7 Å². The average Bonchev–Trinajstić information content (AvgIpc) is 3.34. The van der Waals surface area contributed by atoms with E-state index < -0.39 is 0 Å². The van der Waals surface area contributed by atoms with Crippen LogP contribution in [0.3, 0.4) is 0 Å². The van der Waals surface area contributed by atoms with E-state index >= 15 is 0 Å². The van der Waals surface area contributed by atoms with Crippen molar-refractivity contribution in [3.05, 3.63) is 117 Å². The fourth-order valence-corrected chi connectivity index (χ4v) is 5.10. The van der Waals surface area contributed by atoms with Crippen LogP contribution in [0.15, 0.2) is 77.6 Å². The Balaban J connectivity index is 1.44. The largest absolute Gasteiger partial charge is 0.488 e. The molecule has 0 saturated carbocycles. The monoisotopic (exact) mass is 489 g/mol. The van der Waals surface area contributed by atoms with Gasteiger partial charge in [-0.15, -0.1) is 0 Å². The number of unbranched alkanes of at least 4 members (excludes halogenated alkanes) is 1. The topological polar surface area (TPSA) is 67.9 Å². The molecule has 5 heteroatoms. The molecule has 3 aromatic carbocycles. The number of aryl methyl sites for hydroxylation is 2. The molecule has 5 rings (SSSR count). The summed E-state index contributed by atoms with van der Waals surface area (Å²) < 4.78 is 7.93. The Hall–Kier alpha value is -4.17. The molecule has 1 atom stereocenters. The third kappa shape index (κ3) is 5.20. The number of ether oxygens (including phenoxy) is 1. The van der Waals surface area contributed by atoms with Crippen molar-refractivity contribution in [2.75, 3.05) is 0 Å². The van der Waals surface area contributed by atoms with E-state index in [0.29, 0.717) is 18.5 Å². The van der Waals surface area contributed by atoms with Crippen LogP contribution in [-0.4, -0.2) is 15.7 Å². The van der Waals surface area contributed by atoms with Gasteiger partial charge in [0.2, 0.25) is 0 Å². The minimum atomic E-state index is -0.0792. The number of nitrogens with zero attached hydrogens (tertiary/aromatic N) is 3.